The van der Waals surface area contributed by atoms with Crippen LogP contribution in [-0.4, -0.2) is 23.1 Å². The molecule has 0 aliphatic rings. The highest BCUT2D eigenvalue weighted by Crippen LogP contribution is 2.31. The number of ether oxygens (including phenoxy) is 1. The largest absolute Gasteiger partial charge is 0.466 e. The number of rotatable bonds is 5. The molecule has 0 aliphatic carbocycles. The van der Waals surface area contributed by atoms with Crippen LogP contribution in [0.15, 0.2) is 30.4 Å². The summed E-state index contributed by atoms with van der Waals surface area (Å²) >= 11 is 0. The number of aliphatic hydroxyl groups excluding tert-OH is 1. The molecule has 0 saturated heterocycles. The third-order valence-corrected chi connectivity index (χ3v) is 2.97. The summed E-state index contributed by atoms with van der Waals surface area (Å²) < 4.78 is 4.46. The van der Waals surface area contributed by atoms with Crippen molar-refractivity contribution in [2.75, 3.05) is 7.11 Å². The van der Waals surface area contributed by atoms with Gasteiger partial charge in [0.25, 0.3) is 5.69 Å². The highest BCUT2D eigenvalue weighted by Gasteiger charge is 2.23. The van der Waals surface area contributed by atoms with Gasteiger partial charge in [0.1, 0.15) is 6.10 Å². The van der Waals surface area contributed by atoms with E-state index in [-0.39, 0.29) is 22.7 Å². The summed E-state index contributed by atoms with van der Waals surface area (Å²) in [6.45, 7) is 7.12. The molecular formula is C14H17NO5. The lowest BCUT2D eigenvalue weighted by molar-refractivity contribution is -0.385. The number of hydrogen-bond acceptors (Lipinski definition) is 5. The fourth-order valence-electron chi connectivity index (χ4n) is 1.82. The van der Waals surface area contributed by atoms with E-state index in [2.05, 4.69) is 11.3 Å². The molecule has 0 amide bonds. The molecular weight excluding hydrogens is 262 g/mol. The molecule has 20 heavy (non-hydrogen) atoms. The molecule has 1 atom stereocenters. The second-order valence-electron chi connectivity index (χ2n) is 4.65. The molecule has 0 spiro atoms. The zero-order valence-corrected chi connectivity index (χ0v) is 11.6. The maximum atomic E-state index is 11.3. The van der Waals surface area contributed by atoms with Crippen LogP contribution in [0, 0.1) is 10.1 Å². The topological polar surface area (TPSA) is 89.7 Å². The smallest absolute Gasteiger partial charge is 0.336 e. The van der Waals surface area contributed by atoms with E-state index in [1.54, 1.807) is 12.1 Å². The number of carbonyl (C=O) groups is 1. The Hall–Kier alpha value is -2.21. The summed E-state index contributed by atoms with van der Waals surface area (Å²) in [5.74, 6) is -0.779. The number of hydrogen-bond donors (Lipinski definition) is 1. The number of benzene rings is 1. The molecule has 6 heteroatoms. The normalized spacial score (nSPS) is 12.1. The second-order valence-corrected chi connectivity index (χ2v) is 4.65. The molecule has 1 N–H and O–H groups in total. The fraction of sp³-hybridized carbons (Fsp3) is 0.357. The summed E-state index contributed by atoms with van der Waals surface area (Å²) in [6, 6.07) is 4.38. The van der Waals surface area contributed by atoms with Gasteiger partial charge in [0.05, 0.1) is 17.6 Å². The summed E-state index contributed by atoms with van der Waals surface area (Å²) in [5, 5.41) is 21.1. The molecule has 0 radical (unpaired) electrons. The van der Waals surface area contributed by atoms with Crippen LogP contribution in [0.5, 0.6) is 0 Å². The van der Waals surface area contributed by atoms with E-state index in [0.29, 0.717) is 5.56 Å². The first-order valence-corrected chi connectivity index (χ1v) is 6.03. The summed E-state index contributed by atoms with van der Waals surface area (Å²) in [4.78, 5) is 21.9. The molecule has 0 saturated carbocycles. The molecule has 0 aliphatic heterocycles. The van der Waals surface area contributed by atoms with Crippen molar-refractivity contribution >= 4 is 11.7 Å². The highest BCUT2D eigenvalue weighted by atomic mass is 16.6. The van der Waals surface area contributed by atoms with Gasteiger partial charge in [0.2, 0.25) is 0 Å². The number of esters is 1. The van der Waals surface area contributed by atoms with Gasteiger partial charge >= 0.3 is 5.97 Å². The lowest BCUT2D eigenvalue weighted by Gasteiger charge is -2.14. The van der Waals surface area contributed by atoms with E-state index in [1.165, 1.54) is 13.2 Å². The number of nitro groups is 1. The molecule has 0 fully saturated rings. The van der Waals surface area contributed by atoms with Crippen LogP contribution < -0.4 is 0 Å². The van der Waals surface area contributed by atoms with Crippen LogP contribution >= 0.6 is 0 Å². The Morgan fingerprint density at radius 2 is 2.05 bits per heavy atom. The number of nitrogens with zero attached hydrogens (tertiary/aromatic N) is 1. The maximum Gasteiger partial charge on any atom is 0.336 e. The molecule has 1 unspecified atom stereocenters. The molecule has 0 heterocycles. The summed E-state index contributed by atoms with van der Waals surface area (Å²) in [6.07, 6.45) is -1.33. The number of aliphatic hydroxyl groups is 1. The maximum absolute atomic E-state index is 11.3. The van der Waals surface area contributed by atoms with Crippen molar-refractivity contribution in [3.05, 3.63) is 51.6 Å². The number of nitro benzene ring substituents is 1. The minimum Gasteiger partial charge on any atom is -0.466 e. The van der Waals surface area contributed by atoms with Crippen molar-refractivity contribution in [2.24, 2.45) is 0 Å². The van der Waals surface area contributed by atoms with Gasteiger partial charge in [-0.1, -0.05) is 32.6 Å². The van der Waals surface area contributed by atoms with Crippen LogP contribution in [0.25, 0.3) is 0 Å². The average molecular weight is 279 g/mol. The SMILES string of the molecule is C=C(C(=O)OC)C(O)c1ccc(C(C)C)c([N+](=O)[O-])c1. The second kappa shape index (κ2) is 6.29. The van der Waals surface area contributed by atoms with E-state index in [0.717, 1.165) is 0 Å². The lowest BCUT2D eigenvalue weighted by Crippen LogP contribution is -2.12. The molecule has 1 aromatic rings. The Morgan fingerprint density at radius 1 is 1.45 bits per heavy atom. The van der Waals surface area contributed by atoms with Crippen molar-refractivity contribution in [3.8, 4) is 0 Å². The predicted molar refractivity (Wildman–Crippen MR) is 73.3 cm³/mol. The summed E-state index contributed by atoms with van der Waals surface area (Å²) in [7, 11) is 1.17. The first-order chi connectivity index (χ1) is 9.29. The van der Waals surface area contributed by atoms with Crippen LogP contribution in [0.2, 0.25) is 0 Å². The molecule has 1 rings (SSSR count). The quantitative estimate of drug-likeness (QED) is 0.387. The highest BCUT2D eigenvalue weighted by molar-refractivity contribution is 5.89. The van der Waals surface area contributed by atoms with Gasteiger partial charge in [-0.3, -0.25) is 10.1 Å². The fourth-order valence-corrected chi connectivity index (χ4v) is 1.82. The van der Waals surface area contributed by atoms with Gasteiger partial charge in [-0.15, -0.1) is 0 Å². The van der Waals surface area contributed by atoms with E-state index in [9.17, 15) is 20.0 Å². The van der Waals surface area contributed by atoms with Gasteiger partial charge < -0.3 is 9.84 Å². The zero-order valence-electron chi connectivity index (χ0n) is 11.6. The van der Waals surface area contributed by atoms with Crippen LogP contribution in [0.3, 0.4) is 0 Å². The Balaban J connectivity index is 3.21. The minimum atomic E-state index is -1.33. The van der Waals surface area contributed by atoms with Crippen LogP contribution in [0.1, 0.15) is 37.0 Å². The zero-order chi connectivity index (χ0) is 15.4. The van der Waals surface area contributed by atoms with Gasteiger partial charge in [-0.2, -0.15) is 0 Å². The predicted octanol–water partition coefficient (Wildman–Crippen LogP) is 2.48. The van der Waals surface area contributed by atoms with E-state index < -0.39 is 17.0 Å². The van der Waals surface area contributed by atoms with Gasteiger partial charge in [-0.25, -0.2) is 4.79 Å². The van der Waals surface area contributed by atoms with Crippen molar-refractivity contribution < 1.29 is 19.6 Å². The third kappa shape index (κ3) is 3.21. The number of methoxy groups -OCH3 is 1. The lowest BCUT2D eigenvalue weighted by atomic mass is 9.95. The molecule has 6 nitrogen and oxygen atoms in total. The Morgan fingerprint density at radius 3 is 2.50 bits per heavy atom. The van der Waals surface area contributed by atoms with Gasteiger partial charge in [-0.05, 0) is 11.5 Å². The first kappa shape index (κ1) is 15.8. The van der Waals surface area contributed by atoms with Crippen LogP contribution in [0.4, 0.5) is 5.69 Å². The monoisotopic (exact) mass is 279 g/mol. The van der Waals surface area contributed by atoms with Crippen molar-refractivity contribution in [1.29, 1.82) is 0 Å². The van der Waals surface area contributed by atoms with E-state index >= 15 is 0 Å². The summed E-state index contributed by atoms with van der Waals surface area (Å²) in [5.41, 5.74) is 0.541. The molecule has 0 bridgehead atoms. The number of carbonyl (C=O) groups excluding carboxylic acids is 1. The molecule has 1 aromatic carbocycles. The van der Waals surface area contributed by atoms with Crippen LogP contribution in [-0.2, 0) is 9.53 Å². The Bertz CT molecular complexity index is 550. The average Bonchev–Trinajstić information content (AvgIpc) is 2.43. The van der Waals surface area contributed by atoms with Gasteiger partial charge in [0, 0.05) is 11.6 Å². The molecule has 108 valence electrons. The van der Waals surface area contributed by atoms with E-state index in [4.69, 9.17) is 0 Å². The first-order valence-electron chi connectivity index (χ1n) is 6.03. The van der Waals surface area contributed by atoms with Crippen molar-refractivity contribution in [3.63, 3.8) is 0 Å². The van der Waals surface area contributed by atoms with Crippen molar-refractivity contribution in [2.45, 2.75) is 25.9 Å². The minimum absolute atomic E-state index is 0.0228. The molecule has 0 aromatic heterocycles. The van der Waals surface area contributed by atoms with E-state index in [1.807, 2.05) is 13.8 Å². The Labute approximate surface area is 116 Å². The standard InChI is InChI=1S/C14H17NO5/c1-8(2)11-6-5-10(7-12(11)15(18)19)13(16)9(3)14(17)20-4/h5-8,13,16H,3H2,1-2,4H3. The van der Waals surface area contributed by atoms with Gasteiger partial charge in [0.15, 0.2) is 0 Å². The Kier molecular flexibility index (Phi) is 4.99. The third-order valence-electron chi connectivity index (χ3n) is 2.97. The van der Waals surface area contributed by atoms with Crippen molar-refractivity contribution in [1.82, 2.24) is 0 Å².